The maximum atomic E-state index is 9.10. The first-order valence-corrected chi connectivity index (χ1v) is 6.65. The molecule has 2 rings (SSSR count). The number of nitrogens with two attached hydrogens (primary N) is 1. The van der Waals surface area contributed by atoms with Crippen LogP contribution in [0.2, 0.25) is 0 Å². The quantitative estimate of drug-likeness (QED) is 0.842. The Balaban J connectivity index is 2.36. The smallest absolute Gasteiger partial charge is 0.101 e. The van der Waals surface area contributed by atoms with Crippen LogP contribution >= 0.6 is 15.9 Å². The number of halogens is 1. The number of hydrogen-bond donors (Lipinski definition) is 2. The summed E-state index contributed by atoms with van der Waals surface area (Å²) in [5, 5.41) is 21.0. The minimum absolute atomic E-state index is 0.255. The van der Waals surface area contributed by atoms with Crippen molar-refractivity contribution in [2.75, 3.05) is 11.1 Å². The third-order valence-electron chi connectivity index (χ3n) is 2.79. The fourth-order valence-corrected chi connectivity index (χ4v) is 2.16. The molecule has 0 radical (unpaired) electrons. The van der Waals surface area contributed by atoms with Crippen molar-refractivity contribution in [2.45, 2.75) is 6.42 Å². The van der Waals surface area contributed by atoms with Crippen LogP contribution in [0, 0.1) is 22.7 Å². The minimum atomic E-state index is 0.255. The molecule has 5 heteroatoms. The number of rotatable bonds is 3. The molecule has 0 aliphatic carbocycles. The van der Waals surface area contributed by atoms with Gasteiger partial charge in [-0.3, -0.25) is 0 Å². The van der Waals surface area contributed by atoms with E-state index < -0.39 is 0 Å². The van der Waals surface area contributed by atoms with Gasteiger partial charge in [0.05, 0.1) is 23.7 Å². The van der Waals surface area contributed by atoms with Gasteiger partial charge in [-0.2, -0.15) is 10.5 Å². The SMILES string of the molecule is N#CCc1cc(Nc2cc(Br)ccc2C#N)ccc1N. The lowest BCUT2D eigenvalue weighted by molar-refractivity contribution is 1.27. The third kappa shape index (κ3) is 3.09. The van der Waals surface area contributed by atoms with E-state index in [2.05, 4.69) is 33.4 Å². The number of anilines is 3. The van der Waals surface area contributed by atoms with E-state index in [9.17, 15) is 0 Å². The van der Waals surface area contributed by atoms with Gasteiger partial charge in [-0.15, -0.1) is 0 Å². The van der Waals surface area contributed by atoms with Crippen molar-refractivity contribution in [3.63, 3.8) is 0 Å². The van der Waals surface area contributed by atoms with Crippen LogP contribution in [-0.4, -0.2) is 0 Å². The Kier molecular flexibility index (Phi) is 4.24. The van der Waals surface area contributed by atoms with Crippen LogP contribution in [0.5, 0.6) is 0 Å². The molecule has 2 aromatic carbocycles. The Bertz CT molecular complexity index is 726. The van der Waals surface area contributed by atoms with Crippen LogP contribution in [0.3, 0.4) is 0 Å². The number of nitriles is 2. The molecule has 0 fully saturated rings. The van der Waals surface area contributed by atoms with Crippen molar-refractivity contribution in [1.29, 1.82) is 10.5 Å². The molecule has 0 saturated heterocycles. The number of nitrogen functional groups attached to an aromatic ring is 1. The first kappa shape index (κ1) is 13.9. The Morgan fingerprint density at radius 3 is 2.65 bits per heavy atom. The summed E-state index contributed by atoms with van der Waals surface area (Å²) < 4.78 is 0.881. The minimum Gasteiger partial charge on any atom is -0.398 e. The number of benzene rings is 2. The van der Waals surface area contributed by atoms with Gasteiger partial charge in [-0.1, -0.05) is 15.9 Å². The zero-order valence-corrected chi connectivity index (χ0v) is 12.1. The van der Waals surface area contributed by atoms with Gasteiger partial charge in [0, 0.05) is 15.8 Å². The molecular weight excluding hydrogens is 316 g/mol. The monoisotopic (exact) mass is 326 g/mol. The summed E-state index contributed by atoms with van der Waals surface area (Å²) in [7, 11) is 0. The molecule has 0 unspecified atom stereocenters. The molecule has 4 nitrogen and oxygen atoms in total. The topological polar surface area (TPSA) is 85.6 Å². The molecular formula is C15H11BrN4. The highest BCUT2D eigenvalue weighted by Gasteiger charge is 2.05. The lowest BCUT2D eigenvalue weighted by Crippen LogP contribution is -1.98. The predicted octanol–water partition coefficient (Wildman–Crippen LogP) is 3.71. The molecule has 2 aromatic rings. The molecule has 0 aliphatic rings. The number of nitrogens with one attached hydrogen (secondary N) is 1. The number of hydrogen-bond acceptors (Lipinski definition) is 4. The van der Waals surface area contributed by atoms with Gasteiger partial charge < -0.3 is 11.1 Å². The summed E-state index contributed by atoms with van der Waals surface area (Å²) in [5.74, 6) is 0. The van der Waals surface area contributed by atoms with Gasteiger partial charge in [0.15, 0.2) is 0 Å². The van der Waals surface area contributed by atoms with E-state index in [0.29, 0.717) is 16.9 Å². The Hall–Kier alpha value is -2.50. The molecule has 98 valence electrons. The highest BCUT2D eigenvalue weighted by molar-refractivity contribution is 9.10. The summed E-state index contributed by atoms with van der Waals surface area (Å²) in [6.45, 7) is 0. The molecule has 0 aromatic heterocycles. The second-order valence-electron chi connectivity index (χ2n) is 4.18. The van der Waals surface area contributed by atoms with Crippen LogP contribution in [-0.2, 0) is 6.42 Å². The molecule has 0 heterocycles. The number of nitrogens with zero attached hydrogens (tertiary/aromatic N) is 2. The van der Waals surface area contributed by atoms with Crippen LogP contribution in [0.1, 0.15) is 11.1 Å². The highest BCUT2D eigenvalue weighted by Crippen LogP contribution is 2.26. The first-order valence-electron chi connectivity index (χ1n) is 5.86. The molecule has 0 aliphatic heterocycles. The average molecular weight is 327 g/mol. The van der Waals surface area contributed by atoms with Crippen molar-refractivity contribution in [1.82, 2.24) is 0 Å². The van der Waals surface area contributed by atoms with Crippen LogP contribution in [0.4, 0.5) is 17.1 Å². The molecule has 0 saturated carbocycles. The van der Waals surface area contributed by atoms with Crippen molar-refractivity contribution < 1.29 is 0 Å². The predicted molar refractivity (Wildman–Crippen MR) is 82.3 cm³/mol. The summed E-state index contributed by atoms with van der Waals surface area (Å²) in [6, 6.07) is 15.0. The zero-order chi connectivity index (χ0) is 14.5. The second kappa shape index (κ2) is 6.10. The van der Waals surface area contributed by atoms with Gasteiger partial charge in [-0.25, -0.2) is 0 Å². The van der Waals surface area contributed by atoms with Crippen LogP contribution < -0.4 is 11.1 Å². The van der Waals surface area contributed by atoms with Gasteiger partial charge in [0.2, 0.25) is 0 Å². The Labute approximate surface area is 125 Å². The lowest BCUT2D eigenvalue weighted by atomic mass is 10.1. The summed E-state index contributed by atoms with van der Waals surface area (Å²) in [4.78, 5) is 0. The van der Waals surface area contributed by atoms with Gasteiger partial charge in [0.1, 0.15) is 6.07 Å². The third-order valence-corrected chi connectivity index (χ3v) is 3.29. The highest BCUT2D eigenvalue weighted by atomic mass is 79.9. The van der Waals surface area contributed by atoms with E-state index >= 15 is 0 Å². The summed E-state index contributed by atoms with van der Waals surface area (Å²) in [5.41, 5.74) is 9.21. The summed E-state index contributed by atoms with van der Waals surface area (Å²) in [6.07, 6.45) is 0.255. The Morgan fingerprint density at radius 1 is 1.15 bits per heavy atom. The van der Waals surface area contributed by atoms with E-state index in [1.54, 1.807) is 12.1 Å². The normalized spacial score (nSPS) is 9.55. The molecule has 20 heavy (non-hydrogen) atoms. The molecule has 0 amide bonds. The van der Waals surface area contributed by atoms with Gasteiger partial charge >= 0.3 is 0 Å². The fraction of sp³-hybridized carbons (Fsp3) is 0.0667. The molecule has 0 atom stereocenters. The lowest BCUT2D eigenvalue weighted by Gasteiger charge is -2.11. The fourth-order valence-electron chi connectivity index (χ4n) is 1.79. The van der Waals surface area contributed by atoms with Gasteiger partial charge in [0.25, 0.3) is 0 Å². The van der Waals surface area contributed by atoms with Gasteiger partial charge in [-0.05, 0) is 42.0 Å². The van der Waals surface area contributed by atoms with E-state index in [1.807, 2.05) is 24.3 Å². The van der Waals surface area contributed by atoms with E-state index in [4.69, 9.17) is 16.3 Å². The maximum absolute atomic E-state index is 9.10. The molecule has 3 N–H and O–H groups in total. The van der Waals surface area contributed by atoms with E-state index in [1.165, 1.54) is 0 Å². The van der Waals surface area contributed by atoms with Crippen LogP contribution in [0.25, 0.3) is 0 Å². The van der Waals surface area contributed by atoms with Crippen molar-refractivity contribution in [3.8, 4) is 12.1 Å². The Morgan fingerprint density at radius 2 is 1.95 bits per heavy atom. The van der Waals surface area contributed by atoms with Crippen molar-refractivity contribution in [3.05, 3.63) is 52.0 Å². The molecule has 0 spiro atoms. The standard InChI is InChI=1S/C15H11BrN4/c16-12-2-1-11(9-18)15(8-12)20-13-3-4-14(19)10(7-13)5-6-17/h1-4,7-8,20H,5,19H2. The van der Waals surface area contributed by atoms with Crippen molar-refractivity contribution in [2.24, 2.45) is 0 Å². The second-order valence-corrected chi connectivity index (χ2v) is 5.09. The summed E-state index contributed by atoms with van der Waals surface area (Å²) >= 11 is 3.38. The van der Waals surface area contributed by atoms with E-state index in [-0.39, 0.29) is 6.42 Å². The maximum Gasteiger partial charge on any atom is 0.101 e. The van der Waals surface area contributed by atoms with Crippen molar-refractivity contribution >= 4 is 33.0 Å². The first-order chi connectivity index (χ1) is 9.63. The van der Waals surface area contributed by atoms with Crippen LogP contribution in [0.15, 0.2) is 40.9 Å². The molecule has 0 bridgehead atoms. The zero-order valence-electron chi connectivity index (χ0n) is 10.5. The average Bonchev–Trinajstić information content (AvgIpc) is 2.43. The van der Waals surface area contributed by atoms with E-state index in [0.717, 1.165) is 15.7 Å². The largest absolute Gasteiger partial charge is 0.398 e.